The lowest BCUT2D eigenvalue weighted by atomic mass is 10.0. The number of benzene rings is 1. The Kier molecular flexibility index (Phi) is 9.92. The Balaban J connectivity index is 1.93. The fourth-order valence-electron chi connectivity index (χ4n) is 3.23. The predicted molar refractivity (Wildman–Crippen MR) is 121 cm³/mol. The van der Waals surface area contributed by atoms with Crippen LogP contribution in [0.5, 0.6) is 0 Å². The molecule has 0 saturated heterocycles. The molecular weight excluding hydrogens is 450 g/mol. The van der Waals surface area contributed by atoms with Crippen LogP contribution in [0.15, 0.2) is 35.7 Å². The van der Waals surface area contributed by atoms with Gasteiger partial charge >= 0.3 is 11.9 Å². The first-order valence-electron chi connectivity index (χ1n) is 10.4. The van der Waals surface area contributed by atoms with Gasteiger partial charge in [-0.25, -0.2) is 0 Å². The van der Waals surface area contributed by atoms with Crippen molar-refractivity contribution in [3.63, 3.8) is 0 Å². The molecule has 3 amide bonds. The minimum atomic E-state index is -1.48. The molecule has 3 atom stereocenters. The number of aliphatic carboxylic acids is 2. The minimum Gasteiger partial charge on any atom is -0.481 e. The Hall–Kier alpha value is -3.34. The molecule has 0 aliphatic carbocycles. The van der Waals surface area contributed by atoms with Crippen molar-refractivity contribution in [2.45, 2.75) is 55.9 Å². The van der Waals surface area contributed by atoms with E-state index in [9.17, 15) is 24.0 Å². The van der Waals surface area contributed by atoms with E-state index in [2.05, 4.69) is 22.1 Å². The van der Waals surface area contributed by atoms with Crippen molar-refractivity contribution >= 4 is 41.4 Å². The van der Waals surface area contributed by atoms with Gasteiger partial charge < -0.3 is 26.6 Å². The molecular formula is C22H27N3O7S. The van der Waals surface area contributed by atoms with Crippen molar-refractivity contribution in [2.24, 2.45) is 5.73 Å². The minimum absolute atomic E-state index is 0.0598. The molecule has 1 unspecified atom stereocenters. The van der Waals surface area contributed by atoms with Crippen LogP contribution in [-0.4, -0.2) is 52.0 Å². The number of carbonyl (C=O) groups is 5. The van der Waals surface area contributed by atoms with Crippen molar-refractivity contribution in [1.82, 2.24) is 10.6 Å². The maximum Gasteiger partial charge on any atom is 0.305 e. The molecule has 0 aromatic heterocycles. The number of nitrogens with one attached hydrogen (secondary N) is 2. The van der Waals surface area contributed by atoms with E-state index in [0.29, 0.717) is 11.7 Å². The number of carboxylic acid groups (broad SMARTS) is 2. The Morgan fingerprint density at radius 3 is 2.24 bits per heavy atom. The quantitative estimate of drug-likeness (QED) is 0.280. The summed E-state index contributed by atoms with van der Waals surface area (Å²) >= 11 is 1.76. The molecule has 0 spiro atoms. The number of allylic oxidation sites excluding steroid dienone is 1. The van der Waals surface area contributed by atoms with Crippen LogP contribution >= 0.6 is 11.8 Å². The van der Waals surface area contributed by atoms with Gasteiger partial charge in [0, 0.05) is 18.1 Å². The van der Waals surface area contributed by atoms with Gasteiger partial charge in [-0.15, -0.1) is 11.8 Å². The third-order valence-corrected chi connectivity index (χ3v) is 6.16. The lowest BCUT2D eigenvalue weighted by Gasteiger charge is -2.21. The molecule has 0 saturated carbocycles. The summed E-state index contributed by atoms with van der Waals surface area (Å²) in [5.74, 6) is -4.92. The fourth-order valence-corrected chi connectivity index (χ4v) is 4.18. The molecule has 33 heavy (non-hydrogen) atoms. The van der Waals surface area contributed by atoms with E-state index in [4.69, 9.17) is 15.9 Å². The lowest BCUT2D eigenvalue weighted by molar-refractivity contribution is -0.140. The molecule has 1 aromatic rings. The number of carboxylic acids is 2. The van der Waals surface area contributed by atoms with E-state index in [-0.39, 0.29) is 12.8 Å². The Morgan fingerprint density at radius 1 is 1.00 bits per heavy atom. The molecule has 1 aromatic carbocycles. The van der Waals surface area contributed by atoms with Gasteiger partial charge in [0.25, 0.3) is 0 Å². The predicted octanol–water partition coefficient (Wildman–Crippen LogP) is 1.11. The van der Waals surface area contributed by atoms with Gasteiger partial charge in [0.2, 0.25) is 17.7 Å². The first-order valence-corrected chi connectivity index (χ1v) is 11.3. The van der Waals surface area contributed by atoms with Crippen molar-refractivity contribution in [2.75, 3.05) is 0 Å². The molecule has 2 rings (SSSR count). The highest BCUT2D eigenvalue weighted by Crippen LogP contribution is 2.38. The van der Waals surface area contributed by atoms with E-state index in [1.54, 1.807) is 11.8 Å². The van der Waals surface area contributed by atoms with Crippen molar-refractivity contribution in [1.29, 1.82) is 0 Å². The molecule has 178 valence electrons. The molecule has 1 aliphatic heterocycles. The lowest BCUT2D eigenvalue weighted by Crippen LogP contribution is -2.53. The number of hydrogen-bond donors (Lipinski definition) is 5. The second-order valence-corrected chi connectivity index (χ2v) is 8.70. The van der Waals surface area contributed by atoms with Crippen LogP contribution < -0.4 is 16.4 Å². The number of nitrogens with two attached hydrogens (primary N) is 1. The van der Waals surface area contributed by atoms with Crippen molar-refractivity contribution in [3.05, 3.63) is 46.9 Å². The summed E-state index contributed by atoms with van der Waals surface area (Å²) in [4.78, 5) is 58.1. The van der Waals surface area contributed by atoms with E-state index in [1.165, 1.54) is 5.56 Å². The summed E-state index contributed by atoms with van der Waals surface area (Å²) in [6, 6.07) is 5.20. The molecule has 1 heterocycles. The third kappa shape index (κ3) is 8.97. The number of primary amides is 1. The summed E-state index contributed by atoms with van der Waals surface area (Å²) in [6.07, 6.45) is 2.21. The smallest absolute Gasteiger partial charge is 0.305 e. The number of aryl methyl sites for hydroxylation is 1. The van der Waals surface area contributed by atoms with Crippen LogP contribution in [0.2, 0.25) is 0 Å². The fraction of sp³-hybridized carbons (Fsp3) is 0.409. The van der Waals surface area contributed by atoms with Gasteiger partial charge in [-0.05, 0) is 35.8 Å². The van der Waals surface area contributed by atoms with Crippen LogP contribution in [-0.2, 0) is 30.4 Å². The highest BCUT2D eigenvalue weighted by atomic mass is 32.2. The Bertz CT molecular complexity index is 909. The molecule has 0 radical (unpaired) electrons. The van der Waals surface area contributed by atoms with Crippen LogP contribution in [0.1, 0.15) is 48.5 Å². The maximum absolute atomic E-state index is 12.5. The van der Waals surface area contributed by atoms with Gasteiger partial charge in [-0.3, -0.25) is 24.0 Å². The second kappa shape index (κ2) is 12.6. The third-order valence-electron chi connectivity index (χ3n) is 5.02. The summed E-state index contributed by atoms with van der Waals surface area (Å²) in [5, 5.41) is 24.9. The van der Waals surface area contributed by atoms with E-state index < -0.39 is 54.6 Å². The molecule has 11 heteroatoms. The van der Waals surface area contributed by atoms with Crippen LogP contribution in [0.3, 0.4) is 0 Å². The summed E-state index contributed by atoms with van der Waals surface area (Å²) in [7, 11) is 0. The van der Waals surface area contributed by atoms with Gasteiger partial charge in [-0.2, -0.15) is 0 Å². The largest absolute Gasteiger partial charge is 0.481 e. The Morgan fingerprint density at radius 2 is 1.70 bits per heavy atom. The van der Waals surface area contributed by atoms with Crippen LogP contribution in [0.4, 0.5) is 0 Å². The molecule has 10 nitrogen and oxygen atoms in total. The van der Waals surface area contributed by atoms with Gasteiger partial charge in [-0.1, -0.05) is 30.3 Å². The summed E-state index contributed by atoms with van der Waals surface area (Å²) < 4.78 is 0. The SMILES string of the molecule is NC(=O)[C@H](CC(=O)O)NC(=O)[C@H](CCC(=O)O)NC(=O)CCc1ccc(C2CC=CS2)cc1. The number of thioether (sulfide) groups is 1. The average molecular weight is 478 g/mol. The highest BCUT2D eigenvalue weighted by molar-refractivity contribution is 8.02. The van der Waals surface area contributed by atoms with Crippen LogP contribution in [0.25, 0.3) is 0 Å². The van der Waals surface area contributed by atoms with Gasteiger partial charge in [0.05, 0.1) is 6.42 Å². The molecule has 0 fully saturated rings. The van der Waals surface area contributed by atoms with Gasteiger partial charge in [0.1, 0.15) is 12.1 Å². The van der Waals surface area contributed by atoms with Crippen molar-refractivity contribution < 1.29 is 34.2 Å². The standard InChI is InChI=1S/C22H27N3O7S/c23-21(31)16(12-20(29)30)25-22(32)15(8-10-19(27)28)24-18(26)9-5-13-3-6-14(7-4-13)17-2-1-11-33-17/h1,3-4,6-7,11,15-17H,2,5,8-10,12H2,(H2,23,31)(H,24,26)(H,25,32)(H,27,28)(H,29,30)/t15-,16-,17?/m0/s1. The number of amides is 3. The van der Waals surface area contributed by atoms with Crippen molar-refractivity contribution in [3.8, 4) is 0 Å². The Labute approximate surface area is 195 Å². The first kappa shape index (κ1) is 25.9. The first-order chi connectivity index (χ1) is 15.7. The van der Waals surface area contributed by atoms with E-state index >= 15 is 0 Å². The molecule has 0 bridgehead atoms. The topological polar surface area (TPSA) is 176 Å². The maximum atomic E-state index is 12.5. The molecule has 6 N–H and O–H groups in total. The van der Waals surface area contributed by atoms with E-state index in [1.807, 2.05) is 24.3 Å². The zero-order chi connectivity index (χ0) is 24.4. The van der Waals surface area contributed by atoms with Gasteiger partial charge in [0.15, 0.2) is 0 Å². The average Bonchev–Trinajstić information content (AvgIpc) is 3.29. The second-order valence-electron chi connectivity index (χ2n) is 7.59. The molecule has 1 aliphatic rings. The number of carbonyl (C=O) groups excluding carboxylic acids is 3. The summed E-state index contributed by atoms with van der Waals surface area (Å²) in [6.45, 7) is 0. The van der Waals surface area contributed by atoms with E-state index in [0.717, 1.165) is 12.0 Å². The number of rotatable bonds is 13. The normalized spacial score (nSPS) is 16.5. The number of hydrogen-bond acceptors (Lipinski definition) is 6. The zero-order valence-electron chi connectivity index (χ0n) is 17.9. The zero-order valence-corrected chi connectivity index (χ0v) is 18.7. The highest BCUT2D eigenvalue weighted by Gasteiger charge is 2.27. The summed E-state index contributed by atoms with van der Waals surface area (Å²) in [5.41, 5.74) is 7.26. The van der Waals surface area contributed by atoms with Crippen LogP contribution in [0, 0.1) is 0 Å². The monoisotopic (exact) mass is 477 g/mol.